The fourth-order valence-corrected chi connectivity index (χ4v) is 10.1. The summed E-state index contributed by atoms with van der Waals surface area (Å²) in [6.07, 6.45) is 6.28. The summed E-state index contributed by atoms with van der Waals surface area (Å²) >= 11 is 0. The van der Waals surface area contributed by atoms with E-state index in [1.54, 1.807) is 26.8 Å². The lowest BCUT2D eigenvalue weighted by molar-refractivity contribution is -0.219. The summed E-state index contributed by atoms with van der Waals surface area (Å²) in [5, 5.41) is 29.3. The molecule has 254 valence electrons. The van der Waals surface area contributed by atoms with E-state index in [2.05, 4.69) is 10.6 Å². The number of ether oxygens (including phenoxy) is 1. The van der Waals surface area contributed by atoms with Gasteiger partial charge in [-0.1, -0.05) is 43.7 Å². The summed E-state index contributed by atoms with van der Waals surface area (Å²) in [6.45, 7) is 4.96. The molecule has 0 heterocycles. The molecule has 2 amide bonds. The van der Waals surface area contributed by atoms with Gasteiger partial charge < -0.3 is 25.6 Å². The predicted octanol–water partition coefficient (Wildman–Crippen LogP) is 5.07. The standard InChI is InChI=1S/C37H47FN2O7/c1-22-17-29-28-14-13-25-18-27(41)15-16-34(25,2)36(28,38)30(42)19-35(29,3)37(22,46)31(43)21-47-33(45)39-20-23-9-11-24(12-10-23)32(44)40-26-7-5-4-6-8-26/h4-8,15-16,18,22-24,28-30,42,46H,9-14,17,19-21H2,1-3H3,(H,39,45)(H,40,44)/t22-,23?,24?,28+,29+,30+,34+,35+,36+,37+/m1/s1. The van der Waals surface area contributed by atoms with Crippen molar-refractivity contribution in [1.29, 1.82) is 0 Å². The van der Waals surface area contributed by atoms with Crippen LogP contribution in [-0.4, -0.2) is 64.3 Å². The largest absolute Gasteiger partial charge is 0.441 e. The minimum atomic E-state index is -2.06. The Labute approximate surface area is 275 Å². The van der Waals surface area contributed by atoms with Crippen LogP contribution in [0.25, 0.3) is 0 Å². The summed E-state index contributed by atoms with van der Waals surface area (Å²) in [4.78, 5) is 51.1. The number of Topliss-reactive ketones (excluding diaryl/α,β-unsaturated/α-hetero) is 1. The first-order valence-electron chi connectivity index (χ1n) is 17.1. The number of alkyl halides is 1. The number of halogens is 1. The monoisotopic (exact) mass is 650 g/mol. The van der Waals surface area contributed by atoms with Crippen molar-refractivity contribution in [2.24, 2.45) is 40.4 Å². The topological polar surface area (TPSA) is 142 Å². The predicted molar refractivity (Wildman–Crippen MR) is 173 cm³/mol. The van der Waals surface area contributed by atoms with Gasteiger partial charge in [0.25, 0.3) is 0 Å². The molecule has 8 atom stereocenters. The van der Waals surface area contributed by atoms with Crippen molar-refractivity contribution in [3.63, 3.8) is 0 Å². The maximum absolute atomic E-state index is 17.4. The van der Waals surface area contributed by atoms with Crippen LogP contribution in [0.5, 0.6) is 0 Å². The number of amides is 2. The molecule has 5 aliphatic rings. The number of nitrogens with one attached hydrogen (secondary N) is 2. The lowest BCUT2D eigenvalue weighted by atomic mass is 9.44. The first-order valence-corrected chi connectivity index (χ1v) is 17.1. The molecule has 10 heteroatoms. The van der Waals surface area contributed by atoms with Crippen molar-refractivity contribution in [3.8, 4) is 0 Å². The van der Waals surface area contributed by atoms with Gasteiger partial charge in [0.15, 0.2) is 18.1 Å². The maximum Gasteiger partial charge on any atom is 0.407 e. The van der Waals surface area contributed by atoms with Crippen LogP contribution in [0.2, 0.25) is 0 Å². The van der Waals surface area contributed by atoms with Crippen molar-refractivity contribution in [2.45, 2.75) is 89.5 Å². The molecule has 0 radical (unpaired) electrons. The van der Waals surface area contributed by atoms with Gasteiger partial charge in [0.05, 0.1) is 6.10 Å². The molecular weight excluding hydrogens is 603 g/mol. The van der Waals surface area contributed by atoms with Crippen LogP contribution in [0.1, 0.15) is 72.1 Å². The number of carbonyl (C=O) groups is 4. The van der Waals surface area contributed by atoms with Crippen molar-refractivity contribution in [2.75, 3.05) is 18.5 Å². The number of carbonyl (C=O) groups excluding carboxylic acids is 4. The van der Waals surface area contributed by atoms with Crippen molar-refractivity contribution in [1.82, 2.24) is 5.32 Å². The number of benzene rings is 1. The first-order chi connectivity index (χ1) is 22.2. The highest BCUT2D eigenvalue weighted by Crippen LogP contribution is 2.70. The molecule has 0 unspecified atom stereocenters. The molecule has 6 rings (SSSR count). The van der Waals surface area contributed by atoms with Crippen LogP contribution in [-0.2, 0) is 19.1 Å². The third kappa shape index (κ3) is 5.36. The summed E-state index contributed by atoms with van der Waals surface area (Å²) in [5.41, 5.74) is -4.84. The fourth-order valence-electron chi connectivity index (χ4n) is 10.1. The molecule has 0 spiro atoms. The summed E-state index contributed by atoms with van der Waals surface area (Å²) < 4.78 is 22.7. The number of anilines is 1. The van der Waals surface area contributed by atoms with Crippen molar-refractivity contribution >= 4 is 29.3 Å². The molecule has 5 aliphatic carbocycles. The second kappa shape index (κ2) is 12.3. The highest BCUT2D eigenvalue weighted by molar-refractivity contribution is 6.01. The number of aliphatic hydroxyl groups excluding tert-OH is 1. The van der Waals surface area contributed by atoms with E-state index in [1.807, 2.05) is 30.3 Å². The Morgan fingerprint density at radius 1 is 1.04 bits per heavy atom. The average Bonchev–Trinajstić information content (AvgIpc) is 3.25. The van der Waals surface area contributed by atoms with Gasteiger partial charge in [-0.15, -0.1) is 0 Å². The average molecular weight is 651 g/mol. The zero-order valence-electron chi connectivity index (χ0n) is 27.5. The van der Waals surface area contributed by atoms with Crippen LogP contribution < -0.4 is 10.6 Å². The minimum absolute atomic E-state index is 0.000170. The van der Waals surface area contributed by atoms with Crippen LogP contribution in [0.3, 0.4) is 0 Å². The number of fused-ring (bicyclic) bond motifs is 5. The van der Waals surface area contributed by atoms with E-state index in [0.717, 1.165) is 18.5 Å². The minimum Gasteiger partial charge on any atom is -0.441 e. The van der Waals surface area contributed by atoms with Crippen molar-refractivity contribution in [3.05, 3.63) is 54.1 Å². The van der Waals surface area contributed by atoms with Gasteiger partial charge in [0, 0.05) is 34.9 Å². The quantitative estimate of drug-likeness (QED) is 0.323. The lowest BCUT2D eigenvalue weighted by Gasteiger charge is -2.62. The highest BCUT2D eigenvalue weighted by atomic mass is 19.1. The van der Waals surface area contributed by atoms with Gasteiger partial charge in [0.2, 0.25) is 11.7 Å². The van der Waals surface area contributed by atoms with E-state index in [4.69, 9.17) is 4.74 Å². The number of rotatable bonds is 7. The smallest absolute Gasteiger partial charge is 0.407 e. The van der Waals surface area contributed by atoms with E-state index in [-0.39, 0.29) is 29.9 Å². The van der Waals surface area contributed by atoms with Gasteiger partial charge in [0.1, 0.15) is 5.60 Å². The third-order valence-corrected chi connectivity index (χ3v) is 12.8. The van der Waals surface area contributed by atoms with Gasteiger partial charge in [-0.05, 0) is 100 Å². The fraction of sp³-hybridized carbons (Fsp3) is 0.622. The first kappa shape index (κ1) is 33.5. The maximum atomic E-state index is 17.4. The Kier molecular flexibility index (Phi) is 8.75. The molecule has 4 fully saturated rings. The lowest BCUT2D eigenvalue weighted by Crippen LogP contribution is -2.69. The molecular formula is C37H47FN2O7. The zero-order chi connectivity index (χ0) is 33.8. The van der Waals surface area contributed by atoms with E-state index in [1.165, 1.54) is 12.2 Å². The molecule has 47 heavy (non-hydrogen) atoms. The Morgan fingerprint density at radius 3 is 2.45 bits per heavy atom. The van der Waals surface area contributed by atoms with Crippen LogP contribution in [0.4, 0.5) is 14.9 Å². The van der Waals surface area contributed by atoms with Crippen LogP contribution in [0, 0.1) is 40.4 Å². The second-order valence-electron chi connectivity index (χ2n) is 15.1. The van der Waals surface area contributed by atoms with Gasteiger partial charge in [-0.3, -0.25) is 14.4 Å². The summed E-state index contributed by atoms with van der Waals surface area (Å²) in [6, 6.07) is 9.34. The number of hydrogen-bond donors (Lipinski definition) is 4. The molecule has 4 N–H and O–H groups in total. The Bertz CT molecular complexity index is 1490. The zero-order valence-corrected chi connectivity index (χ0v) is 27.5. The number of ketones is 2. The van der Waals surface area contributed by atoms with Crippen LogP contribution in [0.15, 0.2) is 54.1 Å². The number of aliphatic hydroxyl groups is 2. The Morgan fingerprint density at radius 2 is 1.74 bits per heavy atom. The summed E-state index contributed by atoms with van der Waals surface area (Å²) in [5.74, 6) is -2.34. The van der Waals surface area contributed by atoms with Gasteiger partial charge >= 0.3 is 6.09 Å². The van der Waals surface area contributed by atoms with Crippen molar-refractivity contribution < 1.29 is 38.5 Å². The third-order valence-electron chi connectivity index (χ3n) is 12.8. The molecule has 0 saturated heterocycles. The Hall–Kier alpha value is -3.37. The molecule has 4 saturated carbocycles. The normalized spacial score (nSPS) is 40.7. The molecule has 1 aromatic rings. The van der Waals surface area contributed by atoms with Crippen LogP contribution >= 0.6 is 0 Å². The summed E-state index contributed by atoms with van der Waals surface area (Å²) in [7, 11) is 0. The number of alkyl carbamates (subject to hydrolysis) is 1. The second-order valence-corrected chi connectivity index (χ2v) is 15.1. The van der Waals surface area contributed by atoms with E-state index >= 15 is 4.39 Å². The molecule has 1 aromatic carbocycles. The number of para-hydroxylation sites is 1. The molecule has 0 bridgehead atoms. The molecule has 0 aromatic heterocycles. The number of allylic oxidation sites excluding steroid dienone is 4. The van der Waals surface area contributed by atoms with E-state index in [0.29, 0.717) is 44.2 Å². The van der Waals surface area contributed by atoms with Gasteiger partial charge in [-0.2, -0.15) is 0 Å². The molecule has 9 nitrogen and oxygen atoms in total. The van der Waals surface area contributed by atoms with E-state index < -0.39 is 64.4 Å². The SMILES string of the molecule is C[C@@H]1C[C@H]2[C@@H]3CCC4=CC(=O)C=C[C@]4(C)[C@@]3(F)[C@@H](O)C[C@]2(C)[C@@]1(O)C(=O)COC(=O)NCC1CCC(C(=O)Nc2ccccc2)CC1. The van der Waals surface area contributed by atoms with Gasteiger partial charge in [-0.25, -0.2) is 9.18 Å². The highest BCUT2D eigenvalue weighted by Gasteiger charge is 2.75. The number of hydrogen-bond acceptors (Lipinski definition) is 7. The van der Waals surface area contributed by atoms with E-state index in [9.17, 15) is 29.4 Å². The molecule has 0 aliphatic heterocycles. The Balaban J connectivity index is 1.04.